The Morgan fingerprint density at radius 2 is 1.92 bits per heavy atom. The van der Waals surface area contributed by atoms with Crippen LogP contribution in [0.3, 0.4) is 0 Å². The van der Waals surface area contributed by atoms with E-state index in [0.29, 0.717) is 38.6 Å². The number of para-hydroxylation sites is 2. The first-order chi connectivity index (χ1) is 17.5. The summed E-state index contributed by atoms with van der Waals surface area (Å²) in [5.74, 6) is 0.476. The number of carbonyl (C=O) groups is 1. The first-order valence-corrected chi connectivity index (χ1v) is 11.5. The first kappa shape index (κ1) is 23.3. The number of hydrogen-bond acceptors (Lipinski definition) is 7. The summed E-state index contributed by atoms with van der Waals surface area (Å²) in [6.45, 7) is 1.69. The van der Waals surface area contributed by atoms with Gasteiger partial charge < -0.3 is 13.9 Å². The molecule has 0 amide bonds. The molecule has 8 nitrogen and oxygen atoms in total. The maximum absolute atomic E-state index is 13.4. The number of esters is 1. The average molecular weight is 502 g/mol. The van der Waals surface area contributed by atoms with Crippen molar-refractivity contribution in [3.05, 3.63) is 93.7 Å². The number of rotatable bonds is 7. The van der Waals surface area contributed by atoms with Gasteiger partial charge in [-0.05, 0) is 49.4 Å². The van der Waals surface area contributed by atoms with Crippen molar-refractivity contribution in [2.45, 2.75) is 6.92 Å². The highest BCUT2D eigenvalue weighted by molar-refractivity contribution is 6.30. The lowest BCUT2D eigenvalue weighted by molar-refractivity contribution is -0.145. The van der Waals surface area contributed by atoms with Crippen LogP contribution in [0.5, 0.6) is 5.75 Å². The molecule has 0 fully saturated rings. The van der Waals surface area contributed by atoms with E-state index < -0.39 is 5.97 Å². The molecule has 0 aliphatic heterocycles. The number of hydrogen-bond donors (Lipinski definition) is 0. The summed E-state index contributed by atoms with van der Waals surface area (Å²) in [5.41, 5.74) is 1.27. The quantitative estimate of drug-likeness (QED) is 0.222. The monoisotopic (exact) mass is 501 g/mol. The molecule has 9 heteroatoms. The summed E-state index contributed by atoms with van der Waals surface area (Å²) >= 11 is 6.19. The van der Waals surface area contributed by atoms with E-state index in [4.69, 9.17) is 25.5 Å². The predicted molar refractivity (Wildman–Crippen MR) is 138 cm³/mol. The molecule has 5 rings (SSSR count). The zero-order valence-electron chi connectivity index (χ0n) is 19.2. The second-order valence-corrected chi connectivity index (χ2v) is 8.17. The topological polar surface area (TPSA) is 95.9 Å². The first-order valence-electron chi connectivity index (χ1n) is 11.2. The molecule has 5 aromatic rings. The molecule has 0 atom stereocenters. The lowest BCUT2D eigenvalue weighted by Gasteiger charge is -2.10. The predicted octanol–water partition coefficient (Wildman–Crippen LogP) is 5.29. The Bertz CT molecular complexity index is 1640. The maximum atomic E-state index is 13.4. The highest BCUT2D eigenvalue weighted by atomic mass is 35.5. The molecule has 0 spiro atoms. The molecular weight excluding hydrogens is 482 g/mol. The van der Waals surface area contributed by atoms with Crippen LogP contribution < -0.4 is 10.3 Å². The molecule has 3 aromatic carbocycles. The van der Waals surface area contributed by atoms with Crippen molar-refractivity contribution in [1.82, 2.24) is 9.66 Å². The van der Waals surface area contributed by atoms with Crippen LogP contribution in [0.2, 0.25) is 5.02 Å². The molecular formula is C27H20ClN3O5. The number of halogens is 1. The van der Waals surface area contributed by atoms with Gasteiger partial charge in [0.25, 0.3) is 5.56 Å². The molecule has 0 saturated heterocycles. The molecule has 180 valence electrons. The number of carbonyl (C=O) groups excluding carboxylic acids is 1. The average Bonchev–Trinajstić information content (AvgIpc) is 3.32. The molecule has 0 unspecified atom stereocenters. The molecule has 2 heterocycles. The maximum Gasteiger partial charge on any atom is 0.344 e. The van der Waals surface area contributed by atoms with Crippen molar-refractivity contribution in [1.29, 1.82) is 0 Å². The van der Waals surface area contributed by atoms with Crippen LogP contribution in [0.4, 0.5) is 0 Å². The summed E-state index contributed by atoms with van der Waals surface area (Å²) in [6.07, 6.45) is 1.43. The smallest absolute Gasteiger partial charge is 0.344 e. The van der Waals surface area contributed by atoms with Gasteiger partial charge in [0.2, 0.25) is 5.82 Å². The Labute approximate surface area is 210 Å². The lowest BCUT2D eigenvalue weighted by Crippen LogP contribution is -2.20. The van der Waals surface area contributed by atoms with Crippen LogP contribution in [0.25, 0.3) is 33.5 Å². The highest BCUT2D eigenvalue weighted by Gasteiger charge is 2.16. The van der Waals surface area contributed by atoms with E-state index in [-0.39, 0.29) is 24.6 Å². The van der Waals surface area contributed by atoms with Gasteiger partial charge in [0, 0.05) is 16.0 Å². The third kappa shape index (κ3) is 4.71. The van der Waals surface area contributed by atoms with Gasteiger partial charge in [-0.1, -0.05) is 41.9 Å². The van der Waals surface area contributed by atoms with E-state index in [1.165, 1.54) is 10.9 Å². The number of benzene rings is 3. The SMILES string of the molecule is CCOC(=O)COc1ccc(Cl)cc1C=Nn1c(-c2cc3ccccc3o2)nc2ccccc2c1=O. The Kier molecular flexibility index (Phi) is 6.51. The van der Waals surface area contributed by atoms with Crippen molar-refractivity contribution < 1.29 is 18.7 Å². The molecule has 2 aromatic heterocycles. The third-order valence-corrected chi connectivity index (χ3v) is 5.57. The van der Waals surface area contributed by atoms with Crippen LogP contribution >= 0.6 is 11.6 Å². The molecule has 0 aliphatic carbocycles. The summed E-state index contributed by atoms with van der Waals surface area (Å²) in [7, 11) is 0. The minimum absolute atomic E-state index is 0.238. The minimum Gasteiger partial charge on any atom is -0.481 e. The number of furan rings is 1. The van der Waals surface area contributed by atoms with Crippen molar-refractivity contribution in [3.63, 3.8) is 0 Å². The standard InChI is InChI=1S/C27H20ClN3O5/c1-2-34-25(32)16-35-22-12-11-19(28)13-18(22)15-29-31-26(24-14-17-7-3-6-10-23(17)36-24)30-21-9-5-4-8-20(21)27(31)33/h3-15H,2,16H2,1H3. The Balaban J connectivity index is 1.61. The summed E-state index contributed by atoms with van der Waals surface area (Å²) in [6, 6.07) is 21.2. The zero-order chi connectivity index (χ0) is 25.1. The van der Waals surface area contributed by atoms with Crippen LogP contribution in [-0.4, -0.2) is 35.1 Å². The molecule has 0 bridgehead atoms. The van der Waals surface area contributed by atoms with E-state index in [1.54, 1.807) is 43.3 Å². The molecule has 0 aliphatic rings. The molecule has 0 saturated carbocycles. The number of fused-ring (bicyclic) bond motifs is 2. The van der Waals surface area contributed by atoms with Gasteiger partial charge in [-0.3, -0.25) is 4.79 Å². The minimum atomic E-state index is -0.502. The van der Waals surface area contributed by atoms with Gasteiger partial charge in [0.15, 0.2) is 12.4 Å². The number of nitrogens with zero attached hydrogens (tertiary/aromatic N) is 3. The fraction of sp³-hybridized carbons (Fsp3) is 0.111. The number of ether oxygens (including phenoxy) is 2. The van der Waals surface area contributed by atoms with Gasteiger partial charge in [0.05, 0.1) is 23.7 Å². The van der Waals surface area contributed by atoms with E-state index in [9.17, 15) is 9.59 Å². The van der Waals surface area contributed by atoms with Gasteiger partial charge >= 0.3 is 5.97 Å². The van der Waals surface area contributed by atoms with Gasteiger partial charge in [-0.15, -0.1) is 0 Å². The largest absolute Gasteiger partial charge is 0.481 e. The normalized spacial score (nSPS) is 11.4. The Morgan fingerprint density at radius 3 is 2.75 bits per heavy atom. The third-order valence-electron chi connectivity index (χ3n) is 5.33. The number of aromatic nitrogens is 2. The van der Waals surface area contributed by atoms with E-state index in [0.717, 1.165) is 5.39 Å². The lowest BCUT2D eigenvalue weighted by atomic mass is 10.2. The molecule has 36 heavy (non-hydrogen) atoms. The zero-order valence-corrected chi connectivity index (χ0v) is 19.9. The second kappa shape index (κ2) is 10.1. The van der Waals surface area contributed by atoms with Crippen LogP contribution in [0, 0.1) is 0 Å². The highest BCUT2D eigenvalue weighted by Crippen LogP contribution is 2.27. The van der Waals surface area contributed by atoms with Gasteiger partial charge in [-0.2, -0.15) is 9.78 Å². The van der Waals surface area contributed by atoms with Crippen LogP contribution in [-0.2, 0) is 9.53 Å². The summed E-state index contributed by atoms with van der Waals surface area (Å²) < 4.78 is 17.7. The van der Waals surface area contributed by atoms with Crippen LogP contribution in [0.1, 0.15) is 12.5 Å². The summed E-state index contributed by atoms with van der Waals surface area (Å²) in [5, 5.41) is 6.14. The molecule has 0 radical (unpaired) electrons. The van der Waals surface area contributed by atoms with E-state index in [1.807, 2.05) is 36.4 Å². The van der Waals surface area contributed by atoms with Gasteiger partial charge in [-0.25, -0.2) is 9.78 Å². The van der Waals surface area contributed by atoms with E-state index >= 15 is 0 Å². The van der Waals surface area contributed by atoms with Crippen molar-refractivity contribution in [2.75, 3.05) is 13.2 Å². The Hall–Kier alpha value is -4.43. The second-order valence-electron chi connectivity index (χ2n) is 7.74. The van der Waals surface area contributed by atoms with Gasteiger partial charge in [0.1, 0.15) is 11.3 Å². The van der Waals surface area contributed by atoms with Crippen molar-refractivity contribution in [3.8, 4) is 17.3 Å². The molecule has 0 N–H and O–H groups in total. The fourth-order valence-corrected chi connectivity index (χ4v) is 3.87. The Morgan fingerprint density at radius 1 is 1.11 bits per heavy atom. The fourth-order valence-electron chi connectivity index (χ4n) is 3.69. The van der Waals surface area contributed by atoms with Crippen LogP contribution in [0.15, 0.2) is 87.1 Å². The van der Waals surface area contributed by atoms with E-state index in [2.05, 4.69) is 10.1 Å². The summed E-state index contributed by atoms with van der Waals surface area (Å²) in [4.78, 5) is 29.9. The van der Waals surface area contributed by atoms with Crippen molar-refractivity contribution >= 4 is 45.7 Å². The van der Waals surface area contributed by atoms with Crippen molar-refractivity contribution in [2.24, 2.45) is 5.10 Å².